The van der Waals surface area contributed by atoms with Crippen LogP contribution in [-0.4, -0.2) is 41.8 Å². The summed E-state index contributed by atoms with van der Waals surface area (Å²) in [5.41, 5.74) is 1.59. The van der Waals surface area contributed by atoms with Gasteiger partial charge in [-0.3, -0.25) is 0 Å². The zero-order valence-corrected chi connectivity index (χ0v) is 21.6. The Kier molecular flexibility index (Phi) is 8.06. The van der Waals surface area contributed by atoms with Gasteiger partial charge in [-0.1, -0.05) is 44.2 Å². The van der Waals surface area contributed by atoms with E-state index in [1.54, 1.807) is 18.5 Å². The Morgan fingerprint density at radius 2 is 1.94 bits per heavy atom. The van der Waals surface area contributed by atoms with E-state index in [4.69, 9.17) is 4.74 Å². The lowest BCUT2D eigenvalue weighted by molar-refractivity contribution is -0.106. The van der Waals surface area contributed by atoms with Crippen LogP contribution in [0, 0.1) is 11.8 Å². The number of hydrogen-bond acceptors (Lipinski definition) is 4. The molecule has 6 nitrogen and oxygen atoms in total. The van der Waals surface area contributed by atoms with E-state index in [9.17, 15) is 21.6 Å². The summed E-state index contributed by atoms with van der Waals surface area (Å²) >= 11 is 0. The Morgan fingerprint density at radius 3 is 2.51 bits per heavy atom. The molecular weight excluding hydrogens is 479 g/mol. The van der Waals surface area contributed by atoms with E-state index < -0.39 is 27.5 Å². The van der Waals surface area contributed by atoms with Crippen LogP contribution in [0.4, 0.5) is 13.2 Å². The van der Waals surface area contributed by atoms with Crippen LogP contribution in [0.3, 0.4) is 0 Å². The lowest BCUT2D eigenvalue weighted by Crippen LogP contribution is -2.50. The van der Waals surface area contributed by atoms with Crippen molar-refractivity contribution < 1.29 is 26.3 Å². The largest absolute Gasteiger partial charge is 0.470 e. The van der Waals surface area contributed by atoms with Crippen molar-refractivity contribution in [2.75, 3.05) is 5.75 Å². The Balaban J connectivity index is 1.77. The number of alkyl halides is 3. The number of hydrogen-bond donors (Lipinski definition) is 1. The first-order valence-electron chi connectivity index (χ1n) is 11.8. The van der Waals surface area contributed by atoms with Crippen molar-refractivity contribution in [1.82, 2.24) is 14.5 Å². The van der Waals surface area contributed by atoms with Gasteiger partial charge in [0.05, 0.1) is 5.69 Å². The van der Waals surface area contributed by atoms with Crippen molar-refractivity contribution >= 4 is 15.6 Å². The number of aryl methyl sites for hydroxylation is 1. The number of halogens is 3. The van der Waals surface area contributed by atoms with Crippen LogP contribution in [0.25, 0.3) is 5.57 Å². The fourth-order valence-electron chi connectivity index (χ4n) is 4.23. The lowest BCUT2D eigenvalue weighted by Gasteiger charge is -2.34. The smallest absolute Gasteiger partial charge is 0.404 e. The summed E-state index contributed by atoms with van der Waals surface area (Å²) in [5, 5.41) is 4.65. The predicted octanol–water partition coefficient (Wildman–Crippen LogP) is 5.41. The molecule has 2 aliphatic rings. The van der Waals surface area contributed by atoms with E-state index in [1.165, 1.54) is 5.57 Å². The van der Waals surface area contributed by atoms with Gasteiger partial charge in [-0.15, -0.1) is 0 Å². The van der Waals surface area contributed by atoms with E-state index in [0.717, 1.165) is 12.0 Å². The van der Waals surface area contributed by atoms with Crippen LogP contribution >= 0.6 is 0 Å². The van der Waals surface area contributed by atoms with Gasteiger partial charge in [0.1, 0.15) is 6.10 Å². The number of rotatable bonds is 9. The maximum absolute atomic E-state index is 12.7. The molecule has 0 spiro atoms. The number of allylic oxidation sites excluding steroid dienone is 5. The summed E-state index contributed by atoms with van der Waals surface area (Å²) in [6.07, 6.45) is 8.30. The maximum atomic E-state index is 12.7. The van der Waals surface area contributed by atoms with Crippen LogP contribution in [0.2, 0.25) is 0 Å². The molecular formula is C25H34F3N3O3S. The molecule has 0 radical (unpaired) electrons. The Hall–Kier alpha value is -2.33. The molecule has 0 saturated heterocycles. The van der Waals surface area contributed by atoms with E-state index in [2.05, 4.69) is 35.8 Å². The molecule has 194 valence electrons. The fourth-order valence-corrected chi connectivity index (χ4v) is 5.69. The third-order valence-electron chi connectivity index (χ3n) is 6.13. The quantitative estimate of drug-likeness (QED) is 0.479. The molecule has 2 unspecified atom stereocenters. The van der Waals surface area contributed by atoms with Gasteiger partial charge in [0.15, 0.2) is 5.75 Å². The second-order valence-corrected chi connectivity index (χ2v) is 11.6. The van der Waals surface area contributed by atoms with Gasteiger partial charge in [0.25, 0.3) is 0 Å². The first-order valence-corrected chi connectivity index (χ1v) is 13.4. The Morgan fingerprint density at radius 1 is 1.23 bits per heavy atom. The van der Waals surface area contributed by atoms with Crippen molar-refractivity contribution in [2.45, 2.75) is 71.8 Å². The van der Waals surface area contributed by atoms with Crippen molar-refractivity contribution in [1.29, 1.82) is 0 Å². The molecule has 1 heterocycles. The molecule has 0 aliphatic heterocycles. The first-order chi connectivity index (χ1) is 16.2. The molecule has 2 aliphatic carbocycles. The van der Waals surface area contributed by atoms with Crippen molar-refractivity contribution in [3.63, 3.8) is 0 Å². The highest BCUT2D eigenvalue weighted by Crippen LogP contribution is 2.33. The van der Waals surface area contributed by atoms with Gasteiger partial charge < -0.3 is 4.74 Å². The molecule has 1 aromatic heterocycles. The predicted molar refractivity (Wildman–Crippen MR) is 131 cm³/mol. The Bertz CT molecular complexity index is 1140. The van der Waals surface area contributed by atoms with Crippen molar-refractivity contribution in [3.8, 4) is 5.88 Å². The molecule has 1 aromatic rings. The van der Waals surface area contributed by atoms with Crippen molar-refractivity contribution in [3.05, 3.63) is 53.8 Å². The fraction of sp³-hybridized carbons (Fsp3) is 0.560. The molecule has 2 atom stereocenters. The molecule has 1 N–H and O–H groups in total. The molecule has 0 saturated carbocycles. The summed E-state index contributed by atoms with van der Waals surface area (Å²) < 4.78 is 72.4. The number of ether oxygens (including phenoxy) is 1. The summed E-state index contributed by atoms with van der Waals surface area (Å²) in [5.74, 6) is -1.18. The van der Waals surface area contributed by atoms with E-state index in [-0.39, 0.29) is 12.0 Å². The minimum absolute atomic E-state index is 0.0991. The third kappa shape index (κ3) is 7.33. The van der Waals surface area contributed by atoms with Gasteiger partial charge in [-0.25, -0.2) is 17.8 Å². The molecule has 35 heavy (non-hydrogen) atoms. The summed E-state index contributed by atoms with van der Waals surface area (Å²) in [6, 6.07) is 1.85. The molecule has 3 rings (SSSR count). The number of aromatic nitrogens is 2. The zero-order chi connectivity index (χ0) is 26.0. The lowest BCUT2D eigenvalue weighted by atomic mass is 9.81. The average Bonchev–Trinajstić information content (AvgIpc) is 3.14. The highest BCUT2D eigenvalue weighted by molar-refractivity contribution is 7.89. The first kappa shape index (κ1) is 27.3. The standard InChI is InChI=1S/C25H34F3N3O3S/c1-6-31-23(34-21-12-10-18(11-13-21)17(2)3)15-22(29-31)19-8-7-9-20(14-19)24(4,5)30-35(32,33)16-25(26,27)28/h7-8,10-12,14-15,17,20-21,30H,6,9,13,16H2,1-5H3. The highest BCUT2D eigenvalue weighted by Gasteiger charge is 2.40. The van der Waals surface area contributed by atoms with Crippen molar-refractivity contribution in [2.24, 2.45) is 11.8 Å². The number of nitrogens with zero attached hydrogens (tertiary/aromatic N) is 2. The number of nitrogens with one attached hydrogen (secondary N) is 1. The monoisotopic (exact) mass is 513 g/mol. The summed E-state index contributed by atoms with van der Waals surface area (Å²) in [6.45, 7) is 10.0. The maximum Gasteiger partial charge on any atom is 0.404 e. The minimum Gasteiger partial charge on any atom is -0.470 e. The molecule has 10 heteroatoms. The molecule has 0 bridgehead atoms. The third-order valence-corrected chi connectivity index (χ3v) is 7.68. The zero-order valence-electron chi connectivity index (χ0n) is 20.8. The normalized spacial score (nSPS) is 21.3. The van der Waals surface area contributed by atoms with Crippen LogP contribution in [-0.2, 0) is 16.6 Å². The second kappa shape index (κ2) is 10.3. The minimum atomic E-state index is -4.81. The Labute approximate surface area is 205 Å². The van der Waals surface area contributed by atoms with E-state index >= 15 is 0 Å². The van der Waals surface area contributed by atoms with Crippen LogP contribution in [0.1, 0.15) is 53.2 Å². The topological polar surface area (TPSA) is 73.2 Å². The van der Waals surface area contributed by atoms with E-state index in [1.807, 2.05) is 37.3 Å². The summed E-state index contributed by atoms with van der Waals surface area (Å²) in [7, 11) is -4.54. The number of sulfonamides is 1. The van der Waals surface area contributed by atoms with Gasteiger partial charge in [0, 0.05) is 24.6 Å². The van der Waals surface area contributed by atoms with Gasteiger partial charge in [-0.05, 0) is 56.3 Å². The average molecular weight is 514 g/mol. The van der Waals surface area contributed by atoms with Gasteiger partial charge >= 0.3 is 6.18 Å². The molecule has 0 amide bonds. The second-order valence-electron chi connectivity index (χ2n) is 9.86. The molecule has 0 fully saturated rings. The van der Waals surface area contributed by atoms with Crippen LogP contribution < -0.4 is 9.46 Å². The van der Waals surface area contributed by atoms with Crippen LogP contribution in [0.15, 0.2) is 48.1 Å². The SMILES string of the molecule is CCn1nc(C2=CC(C(C)(C)NS(=O)(=O)CC(F)(F)F)CC=C2)cc1OC1C=CC(C(C)C)=CC1. The van der Waals surface area contributed by atoms with E-state index in [0.29, 0.717) is 30.5 Å². The highest BCUT2D eigenvalue weighted by atomic mass is 32.2. The van der Waals surface area contributed by atoms with Gasteiger partial charge in [0.2, 0.25) is 15.9 Å². The molecule has 0 aromatic carbocycles. The summed E-state index contributed by atoms with van der Waals surface area (Å²) in [4.78, 5) is 0. The van der Waals surface area contributed by atoms with Crippen LogP contribution in [0.5, 0.6) is 5.88 Å². The van der Waals surface area contributed by atoms with Gasteiger partial charge in [-0.2, -0.15) is 18.3 Å².